The molecular formula is C17H29IN4O. The van der Waals surface area contributed by atoms with E-state index in [0.29, 0.717) is 0 Å². The first-order chi connectivity index (χ1) is 10.6. The minimum Gasteiger partial charge on any atom is -0.379 e. The van der Waals surface area contributed by atoms with Crippen LogP contribution in [-0.2, 0) is 11.3 Å². The van der Waals surface area contributed by atoms with Gasteiger partial charge in [0.15, 0.2) is 5.96 Å². The fourth-order valence-corrected chi connectivity index (χ4v) is 2.58. The van der Waals surface area contributed by atoms with E-state index in [9.17, 15) is 0 Å². The fraction of sp³-hybridized carbons (Fsp3) is 0.588. The van der Waals surface area contributed by atoms with Gasteiger partial charge in [-0.3, -0.25) is 9.89 Å². The Morgan fingerprint density at radius 1 is 1.17 bits per heavy atom. The normalized spacial score (nSPS) is 16.6. The van der Waals surface area contributed by atoms with Crippen molar-refractivity contribution in [1.82, 2.24) is 15.5 Å². The first kappa shape index (κ1) is 20.2. The van der Waals surface area contributed by atoms with Gasteiger partial charge < -0.3 is 15.4 Å². The van der Waals surface area contributed by atoms with E-state index in [1.54, 1.807) is 0 Å². The van der Waals surface area contributed by atoms with Gasteiger partial charge >= 0.3 is 0 Å². The van der Waals surface area contributed by atoms with E-state index >= 15 is 0 Å². The number of nitrogens with one attached hydrogen (secondary N) is 2. The molecule has 0 atom stereocenters. The topological polar surface area (TPSA) is 48.9 Å². The molecule has 0 unspecified atom stereocenters. The summed E-state index contributed by atoms with van der Waals surface area (Å²) in [4.78, 5) is 6.77. The molecule has 0 amide bonds. The van der Waals surface area contributed by atoms with Crippen molar-refractivity contribution >= 4 is 29.9 Å². The molecule has 1 aromatic rings. The molecule has 0 aromatic heterocycles. The van der Waals surface area contributed by atoms with Crippen molar-refractivity contribution in [2.45, 2.75) is 25.9 Å². The van der Waals surface area contributed by atoms with Gasteiger partial charge in [-0.1, -0.05) is 30.3 Å². The van der Waals surface area contributed by atoms with Crippen LogP contribution in [0, 0.1) is 0 Å². The number of rotatable bonds is 5. The zero-order valence-electron chi connectivity index (χ0n) is 14.3. The lowest BCUT2D eigenvalue weighted by Gasteiger charge is -2.41. The Morgan fingerprint density at radius 3 is 2.43 bits per heavy atom. The van der Waals surface area contributed by atoms with Crippen molar-refractivity contribution in [2.75, 3.05) is 39.9 Å². The molecule has 0 spiro atoms. The number of hydrogen-bond acceptors (Lipinski definition) is 3. The number of guanidine groups is 1. The summed E-state index contributed by atoms with van der Waals surface area (Å²) in [7, 11) is 1.81. The van der Waals surface area contributed by atoms with Crippen molar-refractivity contribution < 1.29 is 4.74 Å². The van der Waals surface area contributed by atoms with E-state index in [0.717, 1.165) is 45.4 Å². The number of aliphatic imine (C=N–C) groups is 1. The number of ether oxygens (including phenoxy) is 1. The lowest BCUT2D eigenvalue weighted by molar-refractivity contribution is -0.00834. The molecule has 1 aliphatic rings. The molecule has 0 saturated carbocycles. The van der Waals surface area contributed by atoms with E-state index in [1.807, 2.05) is 13.1 Å². The molecule has 5 nitrogen and oxygen atoms in total. The Kier molecular flexibility index (Phi) is 8.86. The molecule has 2 rings (SSSR count). The summed E-state index contributed by atoms with van der Waals surface area (Å²) in [6, 6.07) is 10.3. The predicted octanol–water partition coefficient (Wildman–Crippen LogP) is 2.08. The summed E-state index contributed by atoms with van der Waals surface area (Å²) in [5, 5.41) is 6.79. The molecule has 0 bridgehead atoms. The van der Waals surface area contributed by atoms with Crippen molar-refractivity contribution in [3.05, 3.63) is 35.9 Å². The second-order valence-corrected chi connectivity index (χ2v) is 6.18. The van der Waals surface area contributed by atoms with Crippen molar-refractivity contribution in [1.29, 1.82) is 0 Å². The second kappa shape index (κ2) is 10.1. The molecule has 130 valence electrons. The molecule has 1 saturated heterocycles. The third-order valence-electron chi connectivity index (χ3n) is 4.08. The molecule has 23 heavy (non-hydrogen) atoms. The smallest absolute Gasteiger partial charge is 0.191 e. The minimum atomic E-state index is 0. The summed E-state index contributed by atoms with van der Waals surface area (Å²) >= 11 is 0. The number of morpholine rings is 1. The Hall–Kier alpha value is -0.860. The van der Waals surface area contributed by atoms with Crippen LogP contribution in [0.5, 0.6) is 0 Å². The quantitative estimate of drug-likeness (QED) is 0.425. The Morgan fingerprint density at radius 2 is 1.83 bits per heavy atom. The largest absolute Gasteiger partial charge is 0.379 e. The van der Waals surface area contributed by atoms with Crippen LogP contribution in [0.15, 0.2) is 35.3 Å². The minimum absolute atomic E-state index is 0. The van der Waals surface area contributed by atoms with Crippen LogP contribution in [0.25, 0.3) is 0 Å². The number of nitrogens with zero attached hydrogens (tertiary/aromatic N) is 2. The highest BCUT2D eigenvalue weighted by Gasteiger charge is 2.28. The van der Waals surface area contributed by atoms with Gasteiger partial charge in [-0.05, 0) is 19.4 Å². The Labute approximate surface area is 156 Å². The van der Waals surface area contributed by atoms with E-state index < -0.39 is 0 Å². The molecule has 6 heteroatoms. The van der Waals surface area contributed by atoms with Gasteiger partial charge in [0.25, 0.3) is 0 Å². The van der Waals surface area contributed by atoms with Gasteiger partial charge in [0.1, 0.15) is 0 Å². The molecule has 2 N–H and O–H groups in total. The average Bonchev–Trinajstić information content (AvgIpc) is 2.57. The van der Waals surface area contributed by atoms with Crippen molar-refractivity contribution in [3.8, 4) is 0 Å². The predicted molar refractivity (Wildman–Crippen MR) is 107 cm³/mol. The monoisotopic (exact) mass is 432 g/mol. The maximum atomic E-state index is 5.43. The van der Waals surface area contributed by atoms with Crippen LogP contribution in [0.3, 0.4) is 0 Å². The van der Waals surface area contributed by atoms with Gasteiger partial charge in [0.05, 0.1) is 13.2 Å². The fourth-order valence-electron chi connectivity index (χ4n) is 2.58. The van der Waals surface area contributed by atoms with Gasteiger partial charge in [-0.2, -0.15) is 0 Å². The number of hydrogen-bond donors (Lipinski definition) is 2. The van der Waals surface area contributed by atoms with Gasteiger partial charge in [-0.15, -0.1) is 24.0 Å². The van der Waals surface area contributed by atoms with E-state index in [2.05, 4.69) is 58.6 Å². The Bertz CT molecular complexity index is 473. The van der Waals surface area contributed by atoms with Crippen LogP contribution in [0.1, 0.15) is 19.4 Å². The lowest BCUT2D eigenvalue weighted by Crippen LogP contribution is -2.56. The van der Waals surface area contributed by atoms with E-state index in [4.69, 9.17) is 4.74 Å². The van der Waals surface area contributed by atoms with Crippen molar-refractivity contribution in [2.24, 2.45) is 4.99 Å². The first-order valence-electron chi connectivity index (χ1n) is 7.93. The number of benzene rings is 1. The van der Waals surface area contributed by atoms with E-state index in [-0.39, 0.29) is 29.5 Å². The maximum Gasteiger partial charge on any atom is 0.191 e. The van der Waals surface area contributed by atoms with E-state index in [1.165, 1.54) is 5.56 Å². The maximum absolute atomic E-state index is 5.43. The molecule has 0 aliphatic carbocycles. The summed E-state index contributed by atoms with van der Waals surface area (Å²) in [5.74, 6) is 0.838. The summed E-state index contributed by atoms with van der Waals surface area (Å²) in [6.07, 6.45) is 0. The average molecular weight is 432 g/mol. The standard InChI is InChI=1S/C17H28N4O.HI/c1-17(2,21-9-11-22-12-10-21)14-20-16(18-3)19-13-15-7-5-4-6-8-15;/h4-8H,9-14H2,1-3H3,(H2,18,19,20);1H. The van der Waals surface area contributed by atoms with Crippen LogP contribution >= 0.6 is 24.0 Å². The molecular weight excluding hydrogens is 403 g/mol. The molecule has 0 radical (unpaired) electrons. The third kappa shape index (κ3) is 6.64. The SMILES string of the molecule is CN=C(NCc1ccccc1)NCC(C)(C)N1CCOCC1.I. The zero-order chi connectivity index (χ0) is 15.8. The highest BCUT2D eigenvalue weighted by atomic mass is 127. The van der Waals surface area contributed by atoms with Gasteiger partial charge in [0.2, 0.25) is 0 Å². The van der Waals surface area contributed by atoms with Crippen LogP contribution in [-0.4, -0.2) is 56.3 Å². The molecule has 1 fully saturated rings. The summed E-state index contributed by atoms with van der Waals surface area (Å²) in [5.41, 5.74) is 1.33. The van der Waals surface area contributed by atoms with Crippen LogP contribution < -0.4 is 10.6 Å². The Balaban J connectivity index is 0.00000264. The highest BCUT2D eigenvalue weighted by molar-refractivity contribution is 14.0. The summed E-state index contributed by atoms with van der Waals surface area (Å²) in [6.45, 7) is 9.77. The summed E-state index contributed by atoms with van der Waals surface area (Å²) < 4.78 is 5.43. The lowest BCUT2D eigenvalue weighted by atomic mass is 10.0. The zero-order valence-corrected chi connectivity index (χ0v) is 16.7. The number of halogens is 1. The first-order valence-corrected chi connectivity index (χ1v) is 7.93. The van der Waals surface area contributed by atoms with Gasteiger partial charge in [-0.25, -0.2) is 0 Å². The second-order valence-electron chi connectivity index (χ2n) is 6.18. The highest BCUT2D eigenvalue weighted by Crippen LogP contribution is 2.14. The molecule has 1 aliphatic heterocycles. The third-order valence-corrected chi connectivity index (χ3v) is 4.08. The van der Waals surface area contributed by atoms with Crippen LogP contribution in [0.2, 0.25) is 0 Å². The van der Waals surface area contributed by atoms with Crippen molar-refractivity contribution in [3.63, 3.8) is 0 Å². The van der Waals surface area contributed by atoms with Gasteiger partial charge in [0, 0.05) is 38.8 Å². The van der Waals surface area contributed by atoms with Crippen LogP contribution in [0.4, 0.5) is 0 Å². The molecule has 1 heterocycles. The molecule has 1 aromatic carbocycles.